The molecule has 1 N–H and O–H groups in total. The molecule has 3 rings (SSSR count). The fraction of sp³-hybridized carbons (Fsp3) is 0.350. The molecule has 29 heavy (non-hydrogen) atoms. The van der Waals surface area contributed by atoms with Gasteiger partial charge in [-0.05, 0) is 34.5 Å². The molecule has 9 nitrogen and oxygen atoms in total. The van der Waals surface area contributed by atoms with Crippen molar-refractivity contribution in [3.05, 3.63) is 65.7 Å². The van der Waals surface area contributed by atoms with E-state index in [1.807, 2.05) is 67.2 Å². The average molecular weight is 396 g/mol. The predicted molar refractivity (Wildman–Crippen MR) is 105 cm³/mol. The number of alkyl carbamates (subject to hydrolysis) is 1. The van der Waals surface area contributed by atoms with Gasteiger partial charge in [-0.2, -0.15) is 0 Å². The van der Waals surface area contributed by atoms with Gasteiger partial charge in [-0.25, -0.2) is 9.48 Å². The van der Waals surface area contributed by atoms with Gasteiger partial charge in [0, 0.05) is 25.4 Å². The molecule has 0 aliphatic carbocycles. The fourth-order valence-corrected chi connectivity index (χ4v) is 2.89. The van der Waals surface area contributed by atoms with Gasteiger partial charge in [0.2, 0.25) is 0 Å². The molecule has 1 aromatic carbocycles. The van der Waals surface area contributed by atoms with Gasteiger partial charge in [0.25, 0.3) is 0 Å². The number of hydrogen-bond acceptors (Lipinski definition) is 6. The molecule has 0 radical (unpaired) electrons. The number of tetrazole rings is 1. The van der Waals surface area contributed by atoms with E-state index in [1.165, 1.54) is 4.68 Å². The van der Waals surface area contributed by atoms with Crippen molar-refractivity contribution in [1.82, 2.24) is 30.1 Å². The zero-order chi connectivity index (χ0) is 20.6. The van der Waals surface area contributed by atoms with E-state index >= 15 is 0 Å². The number of Topliss-reactive ketones (excluding diaryl/α,β-unsaturated/α-hetero) is 1. The summed E-state index contributed by atoms with van der Waals surface area (Å²) in [4.78, 5) is 24.8. The summed E-state index contributed by atoms with van der Waals surface area (Å²) in [7, 11) is 1.94. The smallest absolute Gasteiger partial charge is 0.408 e. The lowest BCUT2D eigenvalue weighted by molar-refractivity contribution is -0.121. The summed E-state index contributed by atoms with van der Waals surface area (Å²) in [6, 6.07) is 12.6. The van der Waals surface area contributed by atoms with Crippen LogP contribution in [0.2, 0.25) is 0 Å². The SMILES string of the molecule is CCC(NC(=O)OCc1ccccc1)C(=O)Cn1nnnc1Cc1cccn1C. The van der Waals surface area contributed by atoms with Gasteiger partial charge in [-0.15, -0.1) is 5.10 Å². The topological polar surface area (TPSA) is 104 Å². The molecular formula is C20H24N6O3. The zero-order valence-corrected chi connectivity index (χ0v) is 16.5. The van der Waals surface area contributed by atoms with Crippen LogP contribution in [-0.2, 0) is 36.2 Å². The van der Waals surface area contributed by atoms with E-state index in [-0.39, 0.29) is 18.9 Å². The van der Waals surface area contributed by atoms with Gasteiger partial charge >= 0.3 is 6.09 Å². The normalized spacial score (nSPS) is 11.8. The number of ketones is 1. The molecule has 3 aromatic rings. The lowest BCUT2D eigenvalue weighted by Gasteiger charge is -2.16. The maximum absolute atomic E-state index is 12.7. The molecule has 0 spiro atoms. The van der Waals surface area contributed by atoms with Crippen LogP contribution in [0.3, 0.4) is 0 Å². The quantitative estimate of drug-likeness (QED) is 0.592. The molecule has 2 heterocycles. The molecule has 1 unspecified atom stereocenters. The van der Waals surface area contributed by atoms with E-state index in [2.05, 4.69) is 20.8 Å². The highest BCUT2D eigenvalue weighted by Gasteiger charge is 2.22. The summed E-state index contributed by atoms with van der Waals surface area (Å²) < 4.78 is 8.64. The van der Waals surface area contributed by atoms with Crippen molar-refractivity contribution < 1.29 is 14.3 Å². The molecule has 1 amide bonds. The Morgan fingerprint density at radius 3 is 2.66 bits per heavy atom. The van der Waals surface area contributed by atoms with Crippen LogP contribution >= 0.6 is 0 Å². The van der Waals surface area contributed by atoms with Crippen LogP contribution in [0, 0.1) is 0 Å². The Kier molecular flexibility index (Phi) is 6.72. The molecule has 152 valence electrons. The molecule has 0 saturated carbocycles. The first-order chi connectivity index (χ1) is 14.1. The second-order valence-corrected chi connectivity index (χ2v) is 6.67. The van der Waals surface area contributed by atoms with Crippen LogP contribution in [0.25, 0.3) is 0 Å². The van der Waals surface area contributed by atoms with Crippen molar-refractivity contribution in [3.8, 4) is 0 Å². The Balaban J connectivity index is 1.55. The minimum Gasteiger partial charge on any atom is -0.445 e. The van der Waals surface area contributed by atoms with Crippen LogP contribution in [0.4, 0.5) is 4.79 Å². The number of carbonyl (C=O) groups excluding carboxylic acids is 2. The third-order valence-corrected chi connectivity index (χ3v) is 4.60. The predicted octanol–water partition coefficient (Wildman–Crippen LogP) is 1.88. The first-order valence-corrected chi connectivity index (χ1v) is 9.42. The standard InChI is InChI=1S/C20H24N6O3/c1-3-17(21-20(28)29-14-15-8-5-4-6-9-15)18(27)13-26-19(22-23-24-26)12-16-10-7-11-25(16)2/h4-11,17H,3,12-14H2,1-2H3,(H,21,28). The number of carbonyl (C=O) groups is 2. The van der Waals surface area contributed by atoms with Crippen LogP contribution < -0.4 is 5.32 Å². The highest BCUT2D eigenvalue weighted by molar-refractivity contribution is 5.87. The van der Waals surface area contributed by atoms with E-state index in [1.54, 1.807) is 0 Å². The van der Waals surface area contributed by atoms with E-state index in [9.17, 15) is 9.59 Å². The van der Waals surface area contributed by atoms with Crippen LogP contribution in [0.5, 0.6) is 0 Å². The van der Waals surface area contributed by atoms with Crippen LogP contribution in [0.1, 0.15) is 30.4 Å². The lowest BCUT2D eigenvalue weighted by Crippen LogP contribution is -2.42. The van der Waals surface area contributed by atoms with Crippen LogP contribution in [-0.4, -0.2) is 42.7 Å². The maximum Gasteiger partial charge on any atom is 0.408 e. The van der Waals surface area contributed by atoms with Crippen LogP contribution in [0.15, 0.2) is 48.7 Å². The zero-order valence-electron chi connectivity index (χ0n) is 16.5. The first-order valence-electron chi connectivity index (χ1n) is 9.42. The number of nitrogens with one attached hydrogen (secondary N) is 1. The van der Waals surface area contributed by atoms with Gasteiger partial charge in [0.15, 0.2) is 11.6 Å². The molecule has 0 aliphatic rings. The van der Waals surface area contributed by atoms with Gasteiger partial charge in [0.05, 0.1) is 6.04 Å². The summed E-state index contributed by atoms with van der Waals surface area (Å²) in [5, 5.41) is 14.2. The number of rotatable bonds is 9. The Morgan fingerprint density at radius 2 is 1.97 bits per heavy atom. The Morgan fingerprint density at radius 1 is 1.17 bits per heavy atom. The highest BCUT2D eigenvalue weighted by Crippen LogP contribution is 2.08. The molecule has 0 aliphatic heterocycles. The molecule has 9 heteroatoms. The third kappa shape index (κ3) is 5.50. The number of nitrogens with zero attached hydrogens (tertiary/aromatic N) is 5. The third-order valence-electron chi connectivity index (χ3n) is 4.60. The molecular weight excluding hydrogens is 372 g/mol. The van der Waals surface area contributed by atoms with E-state index < -0.39 is 12.1 Å². The Bertz CT molecular complexity index is 950. The van der Waals surface area contributed by atoms with E-state index in [0.717, 1.165) is 11.3 Å². The first kappa shape index (κ1) is 20.2. The molecule has 1 atom stereocenters. The number of ether oxygens (including phenoxy) is 1. The van der Waals surface area contributed by atoms with E-state index in [0.29, 0.717) is 18.7 Å². The number of benzene rings is 1. The second-order valence-electron chi connectivity index (χ2n) is 6.67. The molecule has 0 saturated heterocycles. The Labute approximate surface area is 168 Å². The van der Waals surface area contributed by atoms with Crippen molar-refractivity contribution >= 4 is 11.9 Å². The molecule has 2 aromatic heterocycles. The van der Waals surface area contributed by atoms with Crippen molar-refractivity contribution in [2.75, 3.05) is 0 Å². The van der Waals surface area contributed by atoms with Crippen molar-refractivity contribution in [2.45, 2.75) is 39.0 Å². The summed E-state index contributed by atoms with van der Waals surface area (Å²) in [5.41, 5.74) is 1.91. The average Bonchev–Trinajstić information content (AvgIpc) is 3.34. The van der Waals surface area contributed by atoms with Gasteiger partial charge in [-0.3, -0.25) is 4.79 Å². The largest absolute Gasteiger partial charge is 0.445 e. The summed E-state index contributed by atoms with van der Waals surface area (Å²) in [6.45, 7) is 1.94. The molecule has 0 fully saturated rings. The Hall–Kier alpha value is -3.49. The minimum atomic E-state index is -0.676. The number of aryl methyl sites for hydroxylation is 1. The maximum atomic E-state index is 12.7. The van der Waals surface area contributed by atoms with Gasteiger partial charge < -0.3 is 14.6 Å². The number of hydrogen-bond donors (Lipinski definition) is 1. The summed E-state index contributed by atoms with van der Waals surface area (Å²) in [5.74, 6) is 0.395. The monoisotopic (exact) mass is 396 g/mol. The fourth-order valence-electron chi connectivity index (χ4n) is 2.89. The van der Waals surface area contributed by atoms with Crippen molar-refractivity contribution in [2.24, 2.45) is 7.05 Å². The summed E-state index contributed by atoms with van der Waals surface area (Å²) >= 11 is 0. The lowest BCUT2D eigenvalue weighted by atomic mass is 10.1. The van der Waals surface area contributed by atoms with E-state index in [4.69, 9.17) is 4.74 Å². The second kappa shape index (κ2) is 9.63. The number of aromatic nitrogens is 5. The van der Waals surface area contributed by atoms with Crippen molar-refractivity contribution in [3.63, 3.8) is 0 Å². The van der Waals surface area contributed by atoms with Gasteiger partial charge in [0.1, 0.15) is 13.2 Å². The number of amides is 1. The van der Waals surface area contributed by atoms with Gasteiger partial charge in [-0.1, -0.05) is 37.3 Å². The molecule has 0 bridgehead atoms. The minimum absolute atomic E-state index is 0.0236. The highest BCUT2D eigenvalue weighted by atomic mass is 16.5. The van der Waals surface area contributed by atoms with Crippen molar-refractivity contribution in [1.29, 1.82) is 0 Å². The summed E-state index contributed by atoms with van der Waals surface area (Å²) in [6.07, 6.45) is 2.25.